The van der Waals surface area contributed by atoms with Gasteiger partial charge in [0.1, 0.15) is 11.8 Å². The fraction of sp³-hybridized carbons (Fsp3) is 0.231. The predicted molar refractivity (Wildman–Crippen MR) is 63.5 cm³/mol. The Labute approximate surface area is 110 Å². The van der Waals surface area contributed by atoms with Gasteiger partial charge in [-0.15, -0.1) is 0 Å². The molecule has 0 radical (unpaired) electrons. The number of rotatable bonds is 2. The topological polar surface area (TPSA) is 46.2 Å². The van der Waals surface area contributed by atoms with Gasteiger partial charge in [-0.3, -0.25) is 0 Å². The van der Waals surface area contributed by atoms with Crippen LogP contribution in [0.1, 0.15) is 11.6 Å². The second kappa shape index (κ2) is 4.59. The Morgan fingerprint density at radius 3 is 2.05 bits per heavy atom. The number of nitrogens with two attached hydrogens (primary N) is 1. The third-order valence-electron chi connectivity index (χ3n) is 2.98. The lowest BCUT2D eigenvalue weighted by Crippen LogP contribution is -2.45. The van der Waals surface area contributed by atoms with E-state index in [2.05, 4.69) is 0 Å². The van der Waals surface area contributed by atoms with Crippen LogP contribution in [0.2, 0.25) is 0 Å². The van der Waals surface area contributed by atoms with E-state index in [1.54, 1.807) is 0 Å². The molecule has 0 fully saturated rings. The molecular weight excluding hydrogens is 281 g/mol. The van der Waals surface area contributed by atoms with Crippen molar-refractivity contribution in [3.63, 3.8) is 0 Å². The minimum Gasteiger partial charge on any atom is -0.508 e. The van der Waals surface area contributed by atoms with E-state index in [1.165, 1.54) is 24.3 Å². The first kappa shape index (κ1) is 14.5. The van der Waals surface area contributed by atoms with E-state index >= 15 is 0 Å². The summed E-state index contributed by atoms with van der Waals surface area (Å²) in [7, 11) is 0. The average Bonchev–Trinajstić information content (AvgIpc) is 2.35. The van der Waals surface area contributed by atoms with E-state index in [-0.39, 0.29) is 11.3 Å². The monoisotopic (exact) mass is 291 g/mol. The SMILES string of the molecule is N[C@H](c1ccc2cc(O)ccc2c1)C(F)(F)C(F)(F)F. The molecule has 0 heterocycles. The molecule has 2 rings (SSSR count). The third kappa shape index (κ3) is 2.40. The van der Waals surface area contributed by atoms with Crippen LogP contribution in [0.4, 0.5) is 22.0 Å². The lowest BCUT2D eigenvalue weighted by Gasteiger charge is -2.26. The number of hydrogen-bond donors (Lipinski definition) is 2. The Balaban J connectivity index is 2.45. The van der Waals surface area contributed by atoms with Gasteiger partial charge < -0.3 is 10.8 Å². The van der Waals surface area contributed by atoms with Gasteiger partial charge in [0.25, 0.3) is 0 Å². The highest BCUT2D eigenvalue weighted by Crippen LogP contribution is 2.43. The molecular formula is C13H10F5NO. The van der Waals surface area contributed by atoms with E-state index in [0.29, 0.717) is 10.8 Å². The lowest BCUT2D eigenvalue weighted by molar-refractivity contribution is -0.290. The number of phenols is 1. The van der Waals surface area contributed by atoms with Crippen molar-refractivity contribution in [2.24, 2.45) is 5.73 Å². The standard InChI is InChI=1S/C13H10F5NO/c14-12(15,13(16,17)18)11(19)9-2-1-8-6-10(20)4-3-7(8)5-9/h1-6,11,20H,19H2/t11-/m1/s1. The number of hydrogen-bond acceptors (Lipinski definition) is 2. The molecule has 0 saturated carbocycles. The van der Waals surface area contributed by atoms with Crippen molar-refractivity contribution in [3.05, 3.63) is 42.0 Å². The van der Waals surface area contributed by atoms with Gasteiger partial charge in [-0.2, -0.15) is 22.0 Å². The number of phenolic OH excluding ortho intramolecular Hbond substituents is 1. The first-order valence-corrected chi connectivity index (χ1v) is 5.56. The highest BCUT2D eigenvalue weighted by atomic mass is 19.4. The molecule has 108 valence electrons. The van der Waals surface area contributed by atoms with E-state index in [1.807, 2.05) is 0 Å². The molecule has 2 nitrogen and oxygen atoms in total. The number of halogens is 5. The molecule has 0 aliphatic rings. The summed E-state index contributed by atoms with van der Waals surface area (Å²) in [4.78, 5) is 0. The summed E-state index contributed by atoms with van der Waals surface area (Å²) in [6.45, 7) is 0. The number of aromatic hydroxyl groups is 1. The average molecular weight is 291 g/mol. The van der Waals surface area contributed by atoms with Crippen LogP contribution in [0.3, 0.4) is 0 Å². The fourth-order valence-electron chi connectivity index (χ4n) is 1.83. The Hall–Kier alpha value is -1.89. The van der Waals surface area contributed by atoms with Gasteiger partial charge in [0.15, 0.2) is 0 Å². The first-order chi connectivity index (χ1) is 9.13. The lowest BCUT2D eigenvalue weighted by atomic mass is 9.98. The maximum atomic E-state index is 13.2. The smallest absolute Gasteiger partial charge is 0.455 e. The maximum absolute atomic E-state index is 13.2. The second-order valence-electron chi connectivity index (χ2n) is 4.39. The molecule has 2 aromatic rings. The van der Waals surface area contributed by atoms with E-state index in [0.717, 1.165) is 12.1 Å². The molecule has 0 aromatic heterocycles. The van der Waals surface area contributed by atoms with Gasteiger partial charge >= 0.3 is 12.1 Å². The van der Waals surface area contributed by atoms with Crippen molar-refractivity contribution in [2.75, 3.05) is 0 Å². The third-order valence-corrected chi connectivity index (χ3v) is 2.98. The molecule has 0 bridgehead atoms. The molecule has 0 aliphatic carbocycles. The predicted octanol–water partition coefficient (Wildman–Crippen LogP) is 3.74. The molecule has 20 heavy (non-hydrogen) atoms. The van der Waals surface area contributed by atoms with Crippen LogP contribution in [0.5, 0.6) is 5.75 Å². The van der Waals surface area contributed by atoms with Crippen LogP contribution in [0, 0.1) is 0 Å². The van der Waals surface area contributed by atoms with E-state index in [9.17, 15) is 27.1 Å². The summed E-state index contributed by atoms with van der Waals surface area (Å²) in [6, 6.07) is 5.17. The van der Waals surface area contributed by atoms with Crippen LogP contribution < -0.4 is 5.73 Å². The molecule has 0 spiro atoms. The number of benzene rings is 2. The Morgan fingerprint density at radius 1 is 0.900 bits per heavy atom. The van der Waals surface area contributed by atoms with Crippen molar-refractivity contribution in [3.8, 4) is 5.75 Å². The molecule has 0 saturated heterocycles. The van der Waals surface area contributed by atoms with E-state index in [4.69, 9.17) is 5.73 Å². The van der Waals surface area contributed by atoms with Crippen molar-refractivity contribution in [1.29, 1.82) is 0 Å². The maximum Gasteiger partial charge on any atom is 0.455 e. The molecule has 0 amide bonds. The van der Waals surface area contributed by atoms with Crippen LogP contribution in [-0.4, -0.2) is 17.2 Å². The van der Waals surface area contributed by atoms with Gasteiger partial charge in [-0.25, -0.2) is 0 Å². The Bertz CT molecular complexity index is 638. The normalized spacial score (nSPS) is 14.5. The minimum absolute atomic E-state index is 0.0323. The van der Waals surface area contributed by atoms with Crippen LogP contribution in [0.25, 0.3) is 10.8 Å². The molecule has 0 unspecified atom stereocenters. The van der Waals surface area contributed by atoms with Gasteiger partial charge in [0, 0.05) is 0 Å². The zero-order valence-electron chi connectivity index (χ0n) is 9.96. The first-order valence-electron chi connectivity index (χ1n) is 5.56. The van der Waals surface area contributed by atoms with Crippen LogP contribution >= 0.6 is 0 Å². The van der Waals surface area contributed by atoms with Crippen molar-refractivity contribution >= 4 is 10.8 Å². The highest BCUT2D eigenvalue weighted by Gasteiger charge is 2.61. The van der Waals surface area contributed by atoms with Gasteiger partial charge in [-0.1, -0.05) is 18.2 Å². The zero-order chi connectivity index (χ0) is 15.1. The van der Waals surface area contributed by atoms with Crippen molar-refractivity contribution in [2.45, 2.75) is 18.1 Å². The zero-order valence-corrected chi connectivity index (χ0v) is 9.96. The summed E-state index contributed by atoms with van der Waals surface area (Å²) in [5, 5.41) is 10.2. The number of alkyl halides is 5. The fourth-order valence-corrected chi connectivity index (χ4v) is 1.83. The summed E-state index contributed by atoms with van der Waals surface area (Å²) in [5.41, 5.74) is 4.73. The van der Waals surface area contributed by atoms with Crippen LogP contribution in [0.15, 0.2) is 36.4 Å². The molecule has 1 atom stereocenters. The summed E-state index contributed by atoms with van der Waals surface area (Å²) in [5.74, 6) is -5.05. The molecule has 7 heteroatoms. The minimum atomic E-state index is -5.71. The summed E-state index contributed by atoms with van der Waals surface area (Å²) < 4.78 is 63.2. The Morgan fingerprint density at radius 2 is 1.45 bits per heavy atom. The van der Waals surface area contributed by atoms with Crippen molar-refractivity contribution in [1.82, 2.24) is 0 Å². The van der Waals surface area contributed by atoms with Gasteiger partial charge in [-0.05, 0) is 34.5 Å². The number of fused-ring (bicyclic) bond motifs is 1. The Kier molecular flexibility index (Phi) is 3.33. The molecule has 3 N–H and O–H groups in total. The second-order valence-corrected chi connectivity index (χ2v) is 4.39. The summed E-state index contributed by atoms with van der Waals surface area (Å²) >= 11 is 0. The van der Waals surface area contributed by atoms with Crippen LogP contribution in [-0.2, 0) is 0 Å². The van der Waals surface area contributed by atoms with Crippen molar-refractivity contribution < 1.29 is 27.1 Å². The highest BCUT2D eigenvalue weighted by molar-refractivity contribution is 5.84. The van der Waals surface area contributed by atoms with Gasteiger partial charge in [0.05, 0.1) is 0 Å². The summed E-state index contributed by atoms with van der Waals surface area (Å²) in [6.07, 6.45) is -5.71. The van der Waals surface area contributed by atoms with Gasteiger partial charge in [0.2, 0.25) is 0 Å². The quantitative estimate of drug-likeness (QED) is 0.828. The molecule has 0 aliphatic heterocycles. The molecule has 2 aromatic carbocycles. The largest absolute Gasteiger partial charge is 0.508 e. The van der Waals surface area contributed by atoms with E-state index < -0.39 is 18.1 Å².